The Kier molecular flexibility index (Phi) is 4.52. The molecule has 1 saturated heterocycles. The number of nitrogens with two attached hydrogens (primary N) is 1. The van der Waals surface area contributed by atoms with E-state index in [-0.39, 0.29) is 17.9 Å². The highest BCUT2D eigenvalue weighted by atomic mass is 16.2. The van der Waals surface area contributed by atoms with Crippen LogP contribution in [0, 0.1) is 11.8 Å². The molecule has 6 nitrogen and oxygen atoms in total. The first-order valence-electron chi connectivity index (χ1n) is 6.94. The highest BCUT2D eigenvalue weighted by Gasteiger charge is 2.28. The van der Waals surface area contributed by atoms with E-state index < -0.39 is 0 Å². The molecular weight excluding hydrogens is 242 g/mol. The largest absolute Gasteiger partial charge is 0.341 e. The van der Waals surface area contributed by atoms with Crippen molar-refractivity contribution in [2.75, 3.05) is 13.1 Å². The third kappa shape index (κ3) is 3.53. The van der Waals surface area contributed by atoms with E-state index in [0.717, 1.165) is 32.5 Å². The Bertz CT molecular complexity index is 403. The average Bonchev–Trinajstić information content (AvgIpc) is 2.90. The minimum atomic E-state index is -0.384. The summed E-state index contributed by atoms with van der Waals surface area (Å²) in [6.45, 7) is 6.39. The second-order valence-corrected chi connectivity index (χ2v) is 5.68. The summed E-state index contributed by atoms with van der Waals surface area (Å²) in [7, 11) is 0. The molecule has 2 rings (SSSR count). The van der Waals surface area contributed by atoms with Gasteiger partial charge in [0.2, 0.25) is 5.91 Å². The predicted molar refractivity (Wildman–Crippen MR) is 72.1 cm³/mol. The van der Waals surface area contributed by atoms with E-state index in [2.05, 4.69) is 10.1 Å². The molecule has 0 aromatic carbocycles. The molecule has 0 bridgehead atoms. The molecule has 2 N–H and O–H groups in total. The van der Waals surface area contributed by atoms with Crippen LogP contribution in [0.1, 0.15) is 26.7 Å². The average molecular weight is 265 g/mol. The van der Waals surface area contributed by atoms with Gasteiger partial charge < -0.3 is 10.6 Å². The lowest BCUT2D eigenvalue weighted by molar-refractivity contribution is -0.135. The standard InChI is InChI=1S/C13H23N5O/c1-10(2)12(14)13(19)17-5-3-4-11(6-17)7-18-9-15-8-16-18/h8-12H,3-7,14H2,1-2H3/t11-,12-/m0/s1. The zero-order valence-electron chi connectivity index (χ0n) is 11.7. The molecule has 19 heavy (non-hydrogen) atoms. The second kappa shape index (κ2) is 6.14. The van der Waals surface area contributed by atoms with E-state index in [1.54, 1.807) is 12.7 Å². The molecule has 2 atom stereocenters. The first kappa shape index (κ1) is 14.0. The molecule has 1 amide bonds. The van der Waals surface area contributed by atoms with E-state index in [0.29, 0.717) is 5.92 Å². The summed E-state index contributed by atoms with van der Waals surface area (Å²) >= 11 is 0. The molecule has 0 aliphatic carbocycles. The number of piperidine rings is 1. The fourth-order valence-electron chi connectivity index (χ4n) is 2.50. The van der Waals surface area contributed by atoms with E-state index in [1.807, 2.05) is 23.4 Å². The smallest absolute Gasteiger partial charge is 0.239 e. The first-order valence-corrected chi connectivity index (χ1v) is 6.94. The summed E-state index contributed by atoms with van der Waals surface area (Å²) in [6, 6.07) is -0.384. The zero-order valence-corrected chi connectivity index (χ0v) is 11.7. The van der Waals surface area contributed by atoms with Gasteiger partial charge >= 0.3 is 0 Å². The van der Waals surface area contributed by atoms with Gasteiger partial charge in [0, 0.05) is 19.6 Å². The topological polar surface area (TPSA) is 77.0 Å². The van der Waals surface area contributed by atoms with E-state index in [4.69, 9.17) is 5.73 Å². The Morgan fingerprint density at radius 3 is 2.95 bits per heavy atom. The van der Waals surface area contributed by atoms with Crippen molar-refractivity contribution in [3.63, 3.8) is 0 Å². The van der Waals surface area contributed by atoms with Crippen LogP contribution in [0.5, 0.6) is 0 Å². The number of carbonyl (C=O) groups excluding carboxylic acids is 1. The quantitative estimate of drug-likeness (QED) is 0.860. The maximum Gasteiger partial charge on any atom is 0.239 e. The van der Waals surface area contributed by atoms with Crippen LogP contribution in [-0.4, -0.2) is 44.7 Å². The molecule has 1 aliphatic heterocycles. The Balaban J connectivity index is 1.91. The molecule has 0 unspecified atom stereocenters. The lowest BCUT2D eigenvalue weighted by Gasteiger charge is -2.34. The van der Waals surface area contributed by atoms with Crippen molar-refractivity contribution in [2.45, 2.75) is 39.3 Å². The summed E-state index contributed by atoms with van der Waals surface area (Å²) in [5.74, 6) is 0.709. The fraction of sp³-hybridized carbons (Fsp3) is 0.769. The van der Waals surface area contributed by atoms with Gasteiger partial charge in [-0.15, -0.1) is 0 Å². The van der Waals surface area contributed by atoms with Crippen molar-refractivity contribution in [3.8, 4) is 0 Å². The molecule has 0 radical (unpaired) electrons. The van der Waals surface area contributed by atoms with E-state index in [1.165, 1.54) is 0 Å². The monoisotopic (exact) mass is 265 g/mol. The van der Waals surface area contributed by atoms with Crippen LogP contribution in [0.3, 0.4) is 0 Å². The Morgan fingerprint density at radius 2 is 2.32 bits per heavy atom. The highest BCUT2D eigenvalue weighted by molar-refractivity contribution is 5.82. The van der Waals surface area contributed by atoms with Crippen LogP contribution < -0.4 is 5.73 Å². The summed E-state index contributed by atoms with van der Waals surface area (Å²) in [6.07, 6.45) is 5.43. The van der Waals surface area contributed by atoms with Crippen LogP contribution in [-0.2, 0) is 11.3 Å². The number of carbonyl (C=O) groups is 1. The minimum absolute atomic E-state index is 0.0818. The number of likely N-dealkylation sites (tertiary alicyclic amines) is 1. The van der Waals surface area contributed by atoms with Crippen molar-refractivity contribution in [2.24, 2.45) is 17.6 Å². The lowest BCUT2D eigenvalue weighted by Crippen LogP contribution is -2.50. The number of amides is 1. The van der Waals surface area contributed by atoms with Gasteiger partial charge in [-0.2, -0.15) is 5.10 Å². The van der Waals surface area contributed by atoms with Crippen molar-refractivity contribution in [1.82, 2.24) is 19.7 Å². The number of hydrogen-bond acceptors (Lipinski definition) is 4. The third-order valence-electron chi connectivity index (χ3n) is 3.75. The van der Waals surface area contributed by atoms with Gasteiger partial charge in [-0.1, -0.05) is 13.8 Å². The van der Waals surface area contributed by atoms with Crippen LogP contribution in [0.15, 0.2) is 12.7 Å². The van der Waals surface area contributed by atoms with Gasteiger partial charge in [-0.3, -0.25) is 9.48 Å². The van der Waals surface area contributed by atoms with Crippen LogP contribution in [0.25, 0.3) is 0 Å². The van der Waals surface area contributed by atoms with Crippen molar-refractivity contribution in [3.05, 3.63) is 12.7 Å². The SMILES string of the molecule is CC(C)[C@H](N)C(=O)N1CCC[C@H](Cn2cncn2)C1. The van der Waals surface area contributed by atoms with Crippen LogP contribution in [0.4, 0.5) is 0 Å². The number of rotatable bonds is 4. The zero-order chi connectivity index (χ0) is 13.8. The van der Waals surface area contributed by atoms with Crippen molar-refractivity contribution < 1.29 is 4.79 Å². The van der Waals surface area contributed by atoms with E-state index in [9.17, 15) is 4.79 Å². The van der Waals surface area contributed by atoms with Gasteiger partial charge in [0.05, 0.1) is 6.04 Å². The minimum Gasteiger partial charge on any atom is -0.341 e. The number of nitrogens with zero attached hydrogens (tertiary/aromatic N) is 4. The normalized spacial score (nSPS) is 21.7. The first-order chi connectivity index (χ1) is 9.08. The Labute approximate surface area is 114 Å². The van der Waals surface area contributed by atoms with Crippen molar-refractivity contribution >= 4 is 5.91 Å². The molecule has 6 heteroatoms. The third-order valence-corrected chi connectivity index (χ3v) is 3.75. The molecule has 0 spiro atoms. The summed E-state index contributed by atoms with van der Waals surface area (Å²) in [5, 5.41) is 4.12. The van der Waals surface area contributed by atoms with Gasteiger partial charge in [0.1, 0.15) is 12.7 Å². The number of hydrogen-bond donors (Lipinski definition) is 1. The predicted octanol–water partition coefficient (Wildman–Crippen LogP) is 0.500. The molecule has 2 heterocycles. The van der Waals surface area contributed by atoms with Crippen LogP contribution in [0.2, 0.25) is 0 Å². The van der Waals surface area contributed by atoms with Gasteiger partial charge in [-0.25, -0.2) is 4.98 Å². The van der Waals surface area contributed by atoms with Crippen LogP contribution >= 0.6 is 0 Å². The number of aromatic nitrogens is 3. The highest BCUT2D eigenvalue weighted by Crippen LogP contribution is 2.19. The van der Waals surface area contributed by atoms with Gasteiger partial charge in [0.25, 0.3) is 0 Å². The fourth-order valence-corrected chi connectivity index (χ4v) is 2.50. The Hall–Kier alpha value is -1.43. The molecule has 106 valence electrons. The molecule has 1 aliphatic rings. The maximum absolute atomic E-state index is 12.3. The molecule has 1 fully saturated rings. The van der Waals surface area contributed by atoms with Gasteiger partial charge in [0.15, 0.2) is 0 Å². The van der Waals surface area contributed by atoms with E-state index >= 15 is 0 Å². The lowest BCUT2D eigenvalue weighted by atomic mass is 9.96. The molecule has 1 aromatic heterocycles. The summed E-state index contributed by atoms with van der Waals surface area (Å²) in [4.78, 5) is 18.1. The summed E-state index contributed by atoms with van der Waals surface area (Å²) < 4.78 is 1.83. The summed E-state index contributed by atoms with van der Waals surface area (Å²) in [5.41, 5.74) is 5.95. The van der Waals surface area contributed by atoms with Crippen molar-refractivity contribution in [1.29, 1.82) is 0 Å². The molecule has 0 saturated carbocycles. The molecule has 1 aromatic rings. The Morgan fingerprint density at radius 1 is 1.53 bits per heavy atom. The second-order valence-electron chi connectivity index (χ2n) is 5.68. The maximum atomic E-state index is 12.3. The molecular formula is C13H23N5O. The van der Waals surface area contributed by atoms with Gasteiger partial charge in [-0.05, 0) is 24.7 Å².